The lowest BCUT2D eigenvalue weighted by Gasteiger charge is -2.48. The quantitative estimate of drug-likeness (QED) is 0.143. The molecule has 0 amide bonds. The van der Waals surface area contributed by atoms with Crippen molar-refractivity contribution in [2.24, 2.45) is 47.3 Å². The summed E-state index contributed by atoms with van der Waals surface area (Å²) in [6.07, 6.45) is 41.0. The molecule has 37 heavy (non-hydrogen) atoms. The maximum Gasteiger partial charge on any atom is -0.0145 e. The van der Waals surface area contributed by atoms with Gasteiger partial charge in [0.05, 0.1) is 0 Å². The lowest BCUT2D eigenvalue weighted by atomic mass is 9.57. The zero-order valence-electron chi connectivity index (χ0n) is 25.8. The Bertz CT molecular complexity index is 622. The molecule has 0 N–H and O–H groups in total. The summed E-state index contributed by atoms with van der Waals surface area (Å²) in [5.41, 5.74) is 0. The van der Waals surface area contributed by atoms with Gasteiger partial charge in [0.25, 0.3) is 0 Å². The average molecular weight is 511 g/mol. The van der Waals surface area contributed by atoms with Crippen molar-refractivity contribution in [1.82, 2.24) is 0 Å². The molecule has 7 unspecified atom stereocenters. The van der Waals surface area contributed by atoms with Gasteiger partial charge in [-0.05, 0) is 85.9 Å². The number of hydrogen-bond acceptors (Lipinski definition) is 0. The number of hydrogen-bond donors (Lipinski definition) is 0. The molecule has 0 aromatic heterocycles. The fourth-order valence-electron chi connectivity index (χ4n) is 9.06. The molecule has 3 fully saturated rings. The predicted octanol–water partition coefficient (Wildman–Crippen LogP) is 12.3. The first-order valence-electron chi connectivity index (χ1n) is 17.5. The Hall–Kier alpha value is -0.520. The number of allylic oxidation sites excluding steroid dienone is 4. The number of fused-ring (bicyclic) bond motifs is 1. The lowest BCUT2D eigenvalue weighted by Crippen LogP contribution is -2.39. The second-order valence-electron chi connectivity index (χ2n) is 13.8. The number of rotatable bonds is 16. The molecule has 0 radical (unpaired) electrons. The van der Waals surface area contributed by atoms with Crippen molar-refractivity contribution in [3.63, 3.8) is 0 Å². The molecule has 0 heteroatoms. The van der Waals surface area contributed by atoms with Crippen molar-refractivity contribution in [2.75, 3.05) is 0 Å². The van der Waals surface area contributed by atoms with Crippen LogP contribution in [0, 0.1) is 47.3 Å². The van der Waals surface area contributed by atoms with Gasteiger partial charge in [-0.15, -0.1) is 0 Å². The molecule has 0 spiro atoms. The minimum Gasteiger partial charge on any atom is -0.0885 e. The van der Waals surface area contributed by atoms with Gasteiger partial charge < -0.3 is 0 Å². The van der Waals surface area contributed by atoms with E-state index in [9.17, 15) is 0 Å². The van der Waals surface area contributed by atoms with Gasteiger partial charge in [-0.1, -0.05) is 148 Å². The van der Waals surface area contributed by atoms with E-state index in [1.807, 2.05) is 0 Å². The zero-order valence-corrected chi connectivity index (χ0v) is 25.8. The van der Waals surface area contributed by atoms with Crippen molar-refractivity contribution in [2.45, 2.75) is 163 Å². The Morgan fingerprint density at radius 1 is 0.622 bits per heavy atom. The Labute approximate surface area is 233 Å². The van der Waals surface area contributed by atoms with Crippen LogP contribution in [0.1, 0.15) is 163 Å². The van der Waals surface area contributed by atoms with E-state index >= 15 is 0 Å². The normalized spacial score (nSPS) is 28.8. The van der Waals surface area contributed by atoms with Crippen molar-refractivity contribution in [1.29, 1.82) is 0 Å². The smallest absolute Gasteiger partial charge is 0.0145 e. The molecule has 0 saturated heterocycles. The second-order valence-corrected chi connectivity index (χ2v) is 13.8. The van der Waals surface area contributed by atoms with Crippen molar-refractivity contribution >= 4 is 0 Å². The zero-order chi connectivity index (χ0) is 26.3. The van der Waals surface area contributed by atoms with Crippen LogP contribution >= 0.6 is 0 Å². The third kappa shape index (κ3) is 10.2. The van der Waals surface area contributed by atoms with Gasteiger partial charge in [0.2, 0.25) is 0 Å². The van der Waals surface area contributed by atoms with Gasteiger partial charge in [0.1, 0.15) is 0 Å². The van der Waals surface area contributed by atoms with Gasteiger partial charge >= 0.3 is 0 Å². The molecule has 3 aliphatic carbocycles. The highest BCUT2D eigenvalue weighted by molar-refractivity contribution is 5.03. The number of unbranched alkanes of at least 4 members (excludes halogenated alkanes) is 7. The Morgan fingerprint density at radius 3 is 2.03 bits per heavy atom. The Balaban J connectivity index is 1.63. The van der Waals surface area contributed by atoms with E-state index in [1.165, 1.54) is 103 Å². The summed E-state index contributed by atoms with van der Waals surface area (Å²) in [6.45, 7) is 9.87. The summed E-state index contributed by atoms with van der Waals surface area (Å²) in [5.74, 6) is 7.28. The molecule has 3 saturated carbocycles. The standard InChI is InChI=1S/C37H66/c1-5-7-9-10-11-12-13-14-16-21-30(3)36(26-8-6-2)31(4)37(33-23-17-15-18-24-33)35-28-27-32-22-19-20-25-34(32)29-35/h8,16,21,26,30-37H,5-7,9-15,17-20,22-25,27-29H2,1-4H3/b21-16+,26-8-. The highest BCUT2D eigenvalue weighted by Crippen LogP contribution is 2.51. The largest absolute Gasteiger partial charge is 0.0885 e. The summed E-state index contributed by atoms with van der Waals surface area (Å²) in [5, 5.41) is 0. The summed E-state index contributed by atoms with van der Waals surface area (Å²) < 4.78 is 0. The molecule has 0 aromatic carbocycles. The van der Waals surface area contributed by atoms with E-state index in [-0.39, 0.29) is 0 Å². The monoisotopic (exact) mass is 511 g/mol. The van der Waals surface area contributed by atoms with E-state index in [0.717, 1.165) is 35.5 Å². The minimum absolute atomic E-state index is 0.666. The topological polar surface area (TPSA) is 0 Å². The van der Waals surface area contributed by atoms with Crippen LogP contribution in [-0.4, -0.2) is 0 Å². The molecule has 0 heterocycles. The Morgan fingerprint density at radius 2 is 1.30 bits per heavy atom. The fourth-order valence-corrected chi connectivity index (χ4v) is 9.06. The maximum atomic E-state index is 2.69. The average Bonchev–Trinajstić information content (AvgIpc) is 2.93. The first kappa shape index (κ1) is 31.0. The minimum atomic E-state index is 0.666. The third-order valence-electron chi connectivity index (χ3n) is 11.1. The third-order valence-corrected chi connectivity index (χ3v) is 11.1. The van der Waals surface area contributed by atoms with Crippen LogP contribution in [0.5, 0.6) is 0 Å². The van der Waals surface area contributed by atoms with Crippen LogP contribution in [0.25, 0.3) is 0 Å². The SMILES string of the molecule is CC/C=C\C(C(C)/C=C/CCCCCCCCC)C(C)C(C1CCCCC1)C1CCC2CCCCC2C1. The molecule has 3 aliphatic rings. The summed E-state index contributed by atoms with van der Waals surface area (Å²) >= 11 is 0. The van der Waals surface area contributed by atoms with E-state index in [0.29, 0.717) is 11.8 Å². The molecule has 0 aromatic rings. The lowest BCUT2D eigenvalue weighted by molar-refractivity contribution is 0.0259. The molecule has 0 bridgehead atoms. The summed E-state index contributed by atoms with van der Waals surface area (Å²) in [7, 11) is 0. The second kappa shape index (κ2) is 17.9. The van der Waals surface area contributed by atoms with Crippen LogP contribution in [0.3, 0.4) is 0 Å². The van der Waals surface area contributed by atoms with Crippen LogP contribution in [0.2, 0.25) is 0 Å². The van der Waals surface area contributed by atoms with Crippen LogP contribution in [-0.2, 0) is 0 Å². The first-order valence-corrected chi connectivity index (χ1v) is 17.5. The molecule has 7 atom stereocenters. The summed E-state index contributed by atoms with van der Waals surface area (Å²) in [4.78, 5) is 0. The van der Waals surface area contributed by atoms with Crippen molar-refractivity contribution in [3.05, 3.63) is 24.3 Å². The summed E-state index contributed by atoms with van der Waals surface area (Å²) in [6, 6.07) is 0. The van der Waals surface area contributed by atoms with Gasteiger partial charge in [-0.3, -0.25) is 0 Å². The van der Waals surface area contributed by atoms with E-state index in [1.54, 1.807) is 32.1 Å². The van der Waals surface area contributed by atoms with Crippen LogP contribution in [0.15, 0.2) is 24.3 Å². The Kier molecular flexibility index (Phi) is 15.0. The molecule has 0 nitrogen and oxygen atoms in total. The van der Waals surface area contributed by atoms with Gasteiger partial charge in [0.15, 0.2) is 0 Å². The van der Waals surface area contributed by atoms with Gasteiger partial charge in [0, 0.05) is 0 Å². The molecular formula is C37H66. The fraction of sp³-hybridized carbons (Fsp3) is 0.892. The van der Waals surface area contributed by atoms with Crippen LogP contribution in [0.4, 0.5) is 0 Å². The van der Waals surface area contributed by atoms with E-state index in [4.69, 9.17) is 0 Å². The molecular weight excluding hydrogens is 444 g/mol. The highest BCUT2D eigenvalue weighted by atomic mass is 14.5. The van der Waals surface area contributed by atoms with Crippen molar-refractivity contribution < 1.29 is 0 Å². The van der Waals surface area contributed by atoms with E-state index in [2.05, 4.69) is 52.0 Å². The first-order chi connectivity index (χ1) is 18.2. The van der Waals surface area contributed by atoms with Gasteiger partial charge in [-0.25, -0.2) is 0 Å². The van der Waals surface area contributed by atoms with Crippen molar-refractivity contribution in [3.8, 4) is 0 Å². The molecule has 3 rings (SSSR count). The maximum absolute atomic E-state index is 2.69. The van der Waals surface area contributed by atoms with Gasteiger partial charge in [-0.2, -0.15) is 0 Å². The molecule has 0 aliphatic heterocycles. The van der Waals surface area contributed by atoms with Crippen LogP contribution < -0.4 is 0 Å². The highest BCUT2D eigenvalue weighted by Gasteiger charge is 2.42. The van der Waals surface area contributed by atoms with E-state index < -0.39 is 0 Å². The predicted molar refractivity (Wildman–Crippen MR) is 166 cm³/mol. The molecule has 214 valence electrons.